The van der Waals surface area contributed by atoms with E-state index in [1.807, 2.05) is 36.4 Å². The Labute approximate surface area is 231 Å². The maximum atomic E-state index is 14.0. The molecule has 4 aromatic rings. The first-order chi connectivity index (χ1) is 18.6. The predicted molar refractivity (Wildman–Crippen MR) is 157 cm³/mol. The zero-order valence-corrected chi connectivity index (χ0v) is 23.6. The average Bonchev–Trinajstić information content (AvgIpc) is 3.12. The van der Waals surface area contributed by atoms with Gasteiger partial charge in [0.2, 0.25) is 5.91 Å². The lowest BCUT2D eigenvalue weighted by molar-refractivity contribution is -0.113. The highest BCUT2D eigenvalue weighted by molar-refractivity contribution is 7.99. The molecule has 1 N–H and O–H groups in total. The number of thiophene rings is 1. The molecule has 0 saturated carbocycles. The quantitative estimate of drug-likeness (QED) is 0.142. The topological polar surface area (TPSA) is 73.2 Å². The molecule has 6 nitrogen and oxygen atoms in total. The lowest BCUT2D eigenvalue weighted by atomic mass is 10.1. The fourth-order valence-electron chi connectivity index (χ4n) is 4.90. The van der Waals surface area contributed by atoms with Crippen LogP contribution in [0.15, 0.2) is 58.5 Å². The number of methoxy groups -OCH3 is 1. The molecule has 8 heteroatoms. The number of ether oxygens (including phenoxy) is 1. The third-order valence-electron chi connectivity index (χ3n) is 6.91. The van der Waals surface area contributed by atoms with Crippen LogP contribution in [0.5, 0.6) is 5.75 Å². The monoisotopic (exact) mass is 547 g/mol. The third kappa shape index (κ3) is 5.81. The number of hydrogen-bond donors (Lipinski definition) is 1. The van der Waals surface area contributed by atoms with E-state index < -0.39 is 0 Å². The number of unbranched alkanes of at least 4 members (excludes halogenated alkanes) is 1. The van der Waals surface area contributed by atoms with Gasteiger partial charge in [-0.2, -0.15) is 0 Å². The SMILES string of the molecule is CCCCc1ccc(NC(=O)CSc2nc3sc4c(c3c(=O)n2-c2cccc(OC)c2)CCCCC4)cc1. The van der Waals surface area contributed by atoms with Crippen molar-refractivity contribution in [2.75, 3.05) is 18.2 Å². The second-order valence-electron chi connectivity index (χ2n) is 9.62. The molecule has 0 radical (unpaired) electrons. The summed E-state index contributed by atoms with van der Waals surface area (Å²) in [6.07, 6.45) is 8.69. The zero-order valence-electron chi connectivity index (χ0n) is 21.9. The van der Waals surface area contributed by atoms with Crippen molar-refractivity contribution in [3.63, 3.8) is 0 Å². The van der Waals surface area contributed by atoms with Gasteiger partial charge >= 0.3 is 0 Å². The van der Waals surface area contributed by atoms with Gasteiger partial charge in [0.05, 0.1) is 23.9 Å². The Bertz CT molecular complexity index is 1490. The molecule has 2 aromatic heterocycles. The summed E-state index contributed by atoms with van der Waals surface area (Å²) < 4.78 is 7.07. The summed E-state index contributed by atoms with van der Waals surface area (Å²) >= 11 is 2.92. The number of anilines is 1. The number of carbonyl (C=O) groups is 1. The van der Waals surface area contributed by atoms with Crippen LogP contribution < -0.4 is 15.6 Å². The Morgan fingerprint density at radius 3 is 2.74 bits per heavy atom. The summed E-state index contributed by atoms with van der Waals surface area (Å²) in [7, 11) is 1.61. The van der Waals surface area contributed by atoms with E-state index in [2.05, 4.69) is 24.4 Å². The Balaban J connectivity index is 1.44. The molecule has 2 heterocycles. The van der Waals surface area contributed by atoms with E-state index in [4.69, 9.17) is 9.72 Å². The van der Waals surface area contributed by atoms with Crippen LogP contribution >= 0.6 is 23.1 Å². The normalized spacial score (nSPS) is 13.2. The number of amides is 1. The second-order valence-corrected chi connectivity index (χ2v) is 11.6. The van der Waals surface area contributed by atoms with Crippen LogP contribution in [0.2, 0.25) is 0 Å². The Morgan fingerprint density at radius 2 is 1.95 bits per heavy atom. The van der Waals surface area contributed by atoms with Crippen molar-refractivity contribution in [2.24, 2.45) is 0 Å². The van der Waals surface area contributed by atoms with Gasteiger partial charge in [0, 0.05) is 16.6 Å². The van der Waals surface area contributed by atoms with Gasteiger partial charge in [0.15, 0.2) is 5.16 Å². The molecule has 0 spiro atoms. The molecular weight excluding hydrogens is 514 g/mol. The zero-order chi connectivity index (χ0) is 26.5. The summed E-state index contributed by atoms with van der Waals surface area (Å²) in [5.74, 6) is 0.671. The van der Waals surface area contributed by atoms with Gasteiger partial charge in [-0.25, -0.2) is 4.98 Å². The number of fused-ring (bicyclic) bond motifs is 3. The van der Waals surface area contributed by atoms with E-state index in [-0.39, 0.29) is 17.2 Å². The number of thioether (sulfide) groups is 1. The molecule has 0 unspecified atom stereocenters. The molecule has 0 bridgehead atoms. The van der Waals surface area contributed by atoms with Crippen molar-refractivity contribution in [2.45, 2.75) is 63.4 Å². The molecule has 0 fully saturated rings. The lowest BCUT2D eigenvalue weighted by Gasteiger charge is -2.13. The largest absolute Gasteiger partial charge is 0.497 e. The van der Waals surface area contributed by atoms with Crippen molar-refractivity contribution in [3.05, 3.63) is 74.9 Å². The van der Waals surface area contributed by atoms with Gasteiger partial charge in [-0.05, 0) is 73.9 Å². The molecule has 0 saturated heterocycles. The number of rotatable bonds is 9. The van der Waals surface area contributed by atoms with Crippen LogP contribution in [0, 0.1) is 0 Å². The van der Waals surface area contributed by atoms with E-state index in [9.17, 15) is 9.59 Å². The predicted octanol–water partition coefficient (Wildman–Crippen LogP) is 6.80. The van der Waals surface area contributed by atoms with Crippen LogP contribution in [-0.2, 0) is 24.1 Å². The minimum atomic E-state index is -0.134. The standard InChI is InChI=1S/C30H33N3O3S2/c1-3-4-9-20-14-16-21(17-15-20)31-26(34)19-37-30-32-28-27(24-12-6-5-7-13-25(24)38-28)29(35)33(30)22-10-8-11-23(18-22)36-2/h8,10-11,14-18H,3-7,9,12-13,19H2,1-2H3,(H,31,34). The molecule has 0 atom stereocenters. The number of carbonyl (C=O) groups excluding carboxylic acids is 1. The Hall–Kier alpha value is -3.10. The smallest absolute Gasteiger partial charge is 0.267 e. The van der Waals surface area contributed by atoms with Crippen molar-refractivity contribution < 1.29 is 9.53 Å². The summed E-state index contributed by atoms with van der Waals surface area (Å²) in [5.41, 5.74) is 3.81. The van der Waals surface area contributed by atoms with Gasteiger partial charge in [-0.3, -0.25) is 14.2 Å². The number of aromatic nitrogens is 2. The van der Waals surface area contributed by atoms with Gasteiger partial charge in [0.25, 0.3) is 5.56 Å². The summed E-state index contributed by atoms with van der Waals surface area (Å²) in [6, 6.07) is 15.5. The Kier molecular flexibility index (Phi) is 8.49. The molecule has 198 valence electrons. The van der Waals surface area contributed by atoms with E-state index in [0.29, 0.717) is 16.6 Å². The van der Waals surface area contributed by atoms with E-state index in [1.54, 1.807) is 23.0 Å². The average molecular weight is 548 g/mol. The van der Waals surface area contributed by atoms with E-state index >= 15 is 0 Å². The Morgan fingerprint density at radius 1 is 1.13 bits per heavy atom. The van der Waals surface area contributed by atoms with Gasteiger partial charge in [-0.1, -0.05) is 49.7 Å². The maximum absolute atomic E-state index is 14.0. The van der Waals surface area contributed by atoms with E-state index in [0.717, 1.165) is 66.4 Å². The minimum absolute atomic E-state index is 0.0757. The van der Waals surface area contributed by atoms with Crippen LogP contribution in [-0.4, -0.2) is 28.3 Å². The molecule has 1 aliphatic rings. The summed E-state index contributed by atoms with van der Waals surface area (Å²) in [4.78, 5) is 33.9. The number of nitrogens with one attached hydrogen (secondary N) is 1. The van der Waals surface area contributed by atoms with Crippen molar-refractivity contribution in [1.29, 1.82) is 0 Å². The highest BCUT2D eigenvalue weighted by Crippen LogP contribution is 2.35. The maximum Gasteiger partial charge on any atom is 0.267 e. The lowest BCUT2D eigenvalue weighted by Crippen LogP contribution is -2.23. The number of aryl methyl sites for hydroxylation is 3. The molecule has 2 aromatic carbocycles. The molecular formula is C30H33N3O3S2. The second kappa shape index (κ2) is 12.2. The van der Waals surface area contributed by atoms with Gasteiger partial charge in [0.1, 0.15) is 10.6 Å². The number of hydrogen-bond acceptors (Lipinski definition) is 6. The van der Waals surface area contributed by atoms with E-state index in [1.165, 1.54) is 28.6 Å². The highest BCUT2D eigenvalue weighted by atomic mass is 32.2. The molecule has 5 rings (SSSR count). The van der Waals surface area contributed by atoms with Crippen LogP contribution in [0.3, 0.4) is 0 Å². The van der Waals surface area contributed by atoms with Gasteiger partial charge in [-0.15, -0.1) is 11.3 Å². The van der Waals surface area contributed by atoms with Crippen LogP contribution in [0.4, 0.5) is 5.69 Å². The summed E-state index contributed by atoms with van der Waals surface area (Å²) in [6.45, 7) is 2.18. The number of benzene rings is 2. The highest BCUT2D eigenvalue weighted by Gasteiger charge is 2.23. The summed E-state index contributed by atoms with van der Waals surface area (Å²) in [5, 5.41) is 4.22. The molecule has 1 amide bonds. The van der Waals surface area contributed by atoms with Crippen LogP contribution in [0.1, 0.15) is 55.0 Å². The van der Waals surface area contributed by atoms with Crippen molar-refractivity contribution in [1.82, 2.24) is 9.55 Å². The molecule has 0 aliphatic heterocycles. The first-order valence-corrected chi connectivity index (χ1v) is 15.1. The molecule has 38 heavy (non-hydrogen) atoms. The van der Waals surface area contributed by atoms with Crippen molar-refractivity contribution >= 4 is 44.9 Å². The van der Waals surface area contributed by atoms with Crippen LogP contribution in [0.25, 0.3) is 15.9 Å². The minimum Gasteiger partial charge on any atom is -0.497 e. The first kappa shape index (κ1) is 26.5. The third-order valence-corrected chi connectivity index (χ3v) is 9.03. The fraction of sp³-hybridized carbons (Fsp3) is 0.367. The van der Waals surface area contributed by atoms with Gasteiger partial charge < -0.3 is 10.1 Å². The number of nitrogens with zero attached hydrogens (tertiary/aromatic N) is 2. The molecule has 1 aliphatic carbocycles. The fourth-order valence-corrected chi connectivity index (χ4v) is 7.02. The first-order valence-electron chi connectivity index (χ1n) is 13.3. The van der Waals surface area contributed by atoms with Crippen molar-refractivity contribution in [3.8, 4) is 11.4 Å².